The molecule has 0 bridgehead atoms. The van der Waals surface area contributed by atoms with Crippen molar-refractivity contribution >= 4 is 33.6 Å². The van der Waals surface area contributed by atoms with Crippen LogP contribution in [0.4, 0.5) is 5.69 Å². The van der Waals surface area contributed by atoms with Gasteiger partial charge in [0.15, 0.2) is 0 Å². The topological polar surface area (TPSA) is 63.7 Å². The zero-order chi connectivity index (χ0) is 24.8. The van der Waals surface area contributed by atoms with E-state index in [-0.39, 0.29) is 17.0 Å². The molecular weight excluding hydrogens is 458 g/mol. The van der Waals surface area contributed by atoms with Crippen LogP contribution in [0.5, 0.6) is 0 Å². The zero-order valence-electron chi connectivity index (χ0n) is 19.8. The monoisotopic (exact) mass is 487 g/mol. The van der Waals surface area contributed by atoms with Crippen molar-refractivity contribution in [2.75, 3.05) is 18.0 Å². The second-order valence-electron chi connectivity index (χ2n) is 8.68. The van der Waals surface area contributed by atoms with E-state index in [9.17, 15) is 13.2 Å². The van der Waals surface area contributed by atoms with Gasteiger partial charge in [-0.25, -0.2) is 13.2 Å². The predicted molar refractivity (Wildman–Crippen MR) is 140 cm³/mol. The average Bonchev–Trinajstić information content (AvgIpc) is 2.89. The summed E-state index contributed by atoms with van der Waals surface area (Å²) < 4.78 is 30.9. The molecule has 1 aliphatic heterocycles. The summed E-state index contributed by atoms with van der Waals surface area (Å²) in [6, 6.07) is 23.7. The molecule has 4 rings (SSSR count). The standard InChI is InChI=1S/C29H29NO4S/c1-22(2)29(31)34-26-18-20-30(21-19-26)25-14-10-23(11-15-25)8-9-24-12-16-28(17-13-24)35(32,33)27-6-4-3-5-7-27/h3-17,26H,1,18-21H2,2H3/b9-8+. The Morgan fingerprint density at radius 1 is 0.857 bits per heavy atom. The van der Waals surface area contributed by atoms with Crippen LogP contribution in [0.15, 0.2) is 101 Å². The van der Waals surface area contributed by atoms with Crippen LogP contribution in [0.2, 0.25) is 0 Å². The highest BCUT2D eigenvalue weighted by atomic mass is 32.2. The summed E-state index contributed by atoms with van der Waals surface area (Å²) in [5, 5.41) is 0. The van der Waals surface area contributed by atoms with E-state index in [1.165, 1.54) is 0 Å². The lowest BCUT2D eigenvalue weighted by molar-refractivity contribution is -0.145. The van der Waals surface area contributed by atoms with E-state index in [2.05, 4.69) is 35.7 Å². The summed E-state index contributed by atoms with van der Waals surface area (Å²) in [6.45, 7) is 6.97. The van der Waals surface area contributed by atoms with Gasteiger partial charge in [-0.1, -0.05) is 61.2 Å². The lowest BCUT2D eigenvalue weighted by Gasteiger charge is -2.33. The van der Waals surface area contributed by atoms with Gasteiger partial charge in [0, 0.05) is 37.2 Å². The molecular formula is C29H29NO4S. The van der Waals surface area contributed by atoms with Crippen molar-refractivity contribution in [3.8, 4) is 0 Å². The molecule has 1 aliphatic rings. The number of carbonyl (C=O) groups excluding carboxylic acids is 1. The number of rotatable bonds is 7. The number of hydrogen-bond acceptors (Lipinski definition) is 5. The molecule has 3 aromatic rings. The predicted octanol–water partition coefficient (Wildman–Crippen LogP) is 5.78. The second kappa shape index (κ2) is 10.7. The molecule has 3 aromatic carbocycles. The van der Waals surface area contributed by atoms with Crippen molar-refractivity contribution in [2.24, 2.45) is 0 Å². The molecule has 1 saturated heterocycles. The van der Waals surface area contributed by atoms with Crippen LogP contribution in [0.1, 0.15) is 30.9 Å². The summed E-state index contributed by atoms with van der Waals surface area (Å²) in [5.74, 6) is -0.313. The van der Waals surface area contributed by atoms with Crippen molar-refractivity contribution in [3.63, 3.8) is 0 Å². The molecule has 0 saturated carbocycles. The molecule has 6 heteroatoms. The average molecular weight is 488 g/mol. The summed E-state index contributed by atoms with van der Waals surface area (Å²) in [4.78, 5) is 14.6. The Kier molecular flexibility index (Phi) is 7.51. The van der Waals surface area contributed by atoms with Crippen LogP contribution in [0, 0.1) is 0 Å². The lowest BCUT2D eigenvalue weighted by Crippen LogP contribution is -2.37. The molecule has 0 atom stereocenters. The van der Waals surface area contributed by atoms with Crippen LogP contribution in [-0.4, -0.2) is 33.6 Å². The third-order valence-corrected chi connectivity index (χ3v) is 7.82. The fraction of sp³-hybridized carbons (Fsp3) is 0.207. The molecule has 1 heterocycles. The van der Waals surface area contributed by atoms with E-state index >= 15 is 0 Å². The Morgan fingerprint density at radius 2 is 1.37 bits per heavy atom. The molecule has 0 amide bonds. The number of anilines is 1. The van der Waals surface area contributed by atoms with Gasteiger partial charge in [-0.15, -0.1) is 0 Å². The fourth-order valence-electron chi connectivity index (χ4n) is 3.97. The first-order valence-corrected chi connectivity index (χ1v) is 13.1. The SMILES string of the molecule is C=C(C)C(=O)OC1CCN(c2ccc(/C=C/c3ccc(S(=O)(=O)c4ccccc4)cc3)cc2)CC1. The number of nitrogens with zero attached hydrogens (tertiary/aromatic N) is 1. The summed E-state index contributed by atoms with van der Waals surface area (Å²) in [5.41, 5.74) is 3.55. The van der Waals surface area contributed by atoms with Crippen molar-refractivity contribution in [1.29, 1.82) is 0 Å². The van der Waals surface area contributed by atoms with Gasteiger partial charge in [-0.3, -0.25) is 0 Å². The quantitative estimate of drug-likeness (QED) is 0.240. The highest BCUT2D eigenvalue weighted by Gasteiger charge is 2.22. The molecule has 0 aliphatic carbocycles. The van der Waals surface area contributed by atoms with Gasteiger partial charge in [0.2, 0.25) is 9.84 Å². The van der Waals surface area contributed by atoms with Gasteiger partial charge in [0.1, 0.15) is 6.10 Å². The first-order chi connectivity index (χ1) is 16.8. The van der Waals surface area contributed by atoms with Crippen LogP contribution in [0.3, 0.4) is 0 Å². The maximum atomic E-state index is 12.7. The molecule has 180 valence electrons. The minimum atomic E-state index is -3.51. The van der Waals surface area contributed by atoms with Crippen LogP contribution >= 0.6 is 0 Å². The van der Waals surface area contributed by atoms with Crippen molar-refractivity contribution in [3.05, 3.63) is 102 Å². The number of hydrogen-bond donors (Lipinski definition) is 0. The first kappa shape index (κ1) is 24.5. The largest absolute Gasteiger partial charge is 0.459 e. The molecule has 0 N–H and O–H groups in total. The number of ether oxygens (including phenoxy) is 1. The third kappa shape index (κ3) is 6.08. The lowest BCUT2D eigenvalue weighted by atomic mass is 10.1. The molecule has 1 fully saturated rings. The summed E-state index contributed by atoms with van der Waals surface area (Å²) in [7, 11) is -3.51. The Bertz CT molecular complexity index is 1300. The first-order valence-electron chi connectivity index (χ1n) is 11.6. The van der Waals surface area contributed by atoms with Crippen molar-refractivity contribution in [1.82, 2.24) is 0 Å². The van der Waals surface area contributed by atoms with E-state index in [0.717, 1.165) is 42.7 Å². The van der Waals surface area contributed by atoms with E-state index in [1.54, 1.807) is 49.4 Å². The van der Waals surface area contributed by atoms with Gasteiger partial charge >= 0.3 is 5.97 Å². The van der Waals surface area contributed by atoms with Crippen LogP contribution in [0.25, 0.3) is 12.2 Å². The van der Waals surface area contributed by atoms with E-state index in [4.69, 9.17) is 4.74 Å². The fourth-order valence-corrected chi connectivity index (χ4v) is 5.25. The maximum Gasteiger partial charge on any atom is 0.333 e. The summed E-state index contributed by atoms with van der Waals surface area (Å²) in [6.07, 6.45) is 5.53. The number of benzene rings is 3. The Morgan fingerprint density at radius 3 is 1.91 bits per heavy atom. The van der Waals surface area contributed by atoms with Crippen molar-refractivity contribution in [2.45, 2.75) is 35.7 Å². The van der Waals surface area contributed by atoms with E-state index < -0.39 is 9.84 Å². The number of piperidine rings is 1. The molecule has 0 aromatic heterocycles. The Labute approximate surface area is 207 Å². The van der Waals surface area contributed by atoms with Gasteiger partial charge < -0.3 is 9.64 Å². The summed E-state index contributed by atoms with van der Waals surface area (Å²) >= 11 is 0. The minimum Gasteiger partial charge on any atom is -0.459 e. The number of sulfone groups is 1. The Balaban J connectivity index is 1.34. The van der Waals surface area contributed by atoms with Crippen LogP contribution in [-0.2, 0) is 19.4 Å². The van der Waals surface area contributed by atoms with Gasteiger partial charge in [0.25, 0.3) is 0 Å². The molecule has 35 heavy (non-hydrogen) atoms. The van der Waals surface area contributed by atoms with E-state index in [0.29, 0.717) is 10.5 Å². The maximum absolute atomic E-state index is 12.7. The normalized spacial score (nSPS) is 14.7. The molecule has 0 unspecified atom stereocenters. The zero-order valence-corrected chi connectivity index (χ0v) is 20.6. The van der Waals surface area contributed by atoms with Crippen LogP contribution < -0.4 is 4.90 Å². The molecule has 0 spiro atoms. The second-order valence-corrected chi connectivity index (χ2v) is 10.6. The smallest absolute Gasteiger partial charge is 0.333 e. The third-order valence-electron chi connectivity index (χ3n) is 6.03. The van der Waals surface area contributed by atoms with E-state index in [1.807, 2.05) is 24.3 Å². The highest BCUT2D eigenvalue weighted by molar-refractivity contribution is 7.91. The molecule has 0 radical (unpaired) electrons. The van der Waals surface area contributed by atoms with Gasteiger partial charge in [-0.2, -0.15) is 0 Å². The highest BCUT2D eigenvalue weighted by Crippen LogP contribution is 2.24. The Hall–Kier alpha value is -3.64. The number of esters is 1. The van der Waals surface area contributed by atoms with Gasteiger partial charge in [-0.05, 0) is 54.4 Å². The minimum absolute atomic E-state index is 0.0493. The van der Waals surface area contributed by atoms with Gasteiger partial charge in [0.05, 0.1) is 9.79 Å². The number of carbonyl (C=O) groups is 1. The van der Waals surface area contributed by atoms with Crippen molar-refractivity contribution < 1.29 is 17.9 Å². The molecule has 5 nitrogen and oxygen atoms in total.